The number of phenolic OH excluding ortho intramolecular Hbond substituents is 1. The zero-order chi connectivity index (χ0) is 19.8. The van der Waals surface area contributed by atoms with E-state index in [9.17, 15) is 14.7 Å². The molecule has 1 amide bonds. The maximum absolute atomic E-state index is 13.5. The first-order chi connectivity index (χ1) is 13.5. The van der Waals surface area contributed by atoms with Crippen molar-refractivity contribution in [3.05, 3.63) is 94.5 Å². The lowest BCUT2D eigenvalue weighted by Gasteiger charge is -2.25. The predicted octanol–water partition coefficient (Wildman–Crippen LogP) is 4.85. The first-order valence-corrected chi connectivity index (χ1v) is 9.36. The quantitative estimate of drug-likeness (QED) is 0.667. The van der Waals surface area contributed by atoms with Gasteiger partial charge in [-0.25, -0.2) is 0 Å². The van der Waals surface area contributed by atoms with Crippen LogP contribution in [-0.2, 0) is 6.42 Å². The highest BCUT2D eigenvalue weighted by atomic mass is 16.3. The van der Waals surface area contributed by atoms with Crippen LogP contribution in [0.15, 0.2) is 66.7 Å². The Balaban J connectivity index is 1.87. The number of ketones is 1. The number of amides is 1. The van der Waals surface area contributed by atoms with Gasteiger partial charge >= 0.3 is 0 Å². The van der Waals surface area contributed by atoms with Gasteiger partial charge in [0, 0.05) is 11.3 Å². The summed E-state index contributed by atoms with van der Waals surface area (Å²) in [5, 5.41) is 10.3. The minimum atomic E-state index is -0.801. The number of hydrogen-bond acceptors (Lipinski definition) is 3. The van der Waals surface area contributed by atoms with Crippen LogP contribution in [0.3, 0.4) is 0 Å². The number of carbonyl (C=O) groups excluding carboxylic acids is 2. The van der Waals surface area contributed by atoms with Gasteiger partial charge < -0.3 is 5.11 Å². The number of anilines is 1. The average molecular weight is 371 g/mol. The Morgan fingerprint density at radius 2 is 1.75 bits per heavy atom. The summed E-state index contributed by atoms with van der Waals surface area (Å²) in [7, 11) is 0. The lowest BCUT2D eigenvalue weighted by Crippen LogP contribution is -2.32. The van der Waals surface area contributed by atoms with E-state index in [0.717, 1.165) is 17.5 Å². The standard InChI is InChI=1S/C24H21NO3/c1-3-16-10-13-21(26)20(14-16)23(27)22-18-6-4-5-7-19(18)24(28)25(22)17-11-8-15(2)9-12-17/h4-14,22,26H,3H2,1-2H3. The van der Waals surface area contributed by atoms with Crippen molar-refractivity contribution in [2.45, 2.75) is 26.3 Å². The molecule has 1 heterocycles. The summed E-state index contributed by atoms with van der Waals surface area (Å²) >= 11 is 0. The van der Waals surface area contributed by atoms with Crippen molar-refractivity contribution < 1.29 is 14.7 Å². The third-order valence-electron chi connectivity index (χ3n) is 5.26. The highest BCUT2D eigenvalue weighted by molar-refractivity contribution is 6.19. The van der Waals surface area contributed by atoms with Crippen LogP contribution >= 0.6 is 0 Å². The third kappa shape index (κ3) is 2.87. The van der Waals surface area contributed by atoms with E-state index in [1.54, 1.807) is 30.3 Å². The van der Waals surface area contributed by atoms with Crippen molar-refractivity contribution in [3.63, 3.8) is 0 Å². The second-order valence-corrected chi connectivity index (χ2v) is 7.07. The van der Waals surface area contributed by atoms with Gasteiger partial charge in [0.15, 0.2) is 5.78 Å². The molecule has 0 saturated carbocycles. The molecule has 4 nitrogen and oxygen atoms in total. The first-order valence-electron chi connectivity index (χ1n) is 9.36. The van der Waals surface area contributed by atoms with Crippen molar-refractivity contribution in [3.8, 4) is 5.75 Å². The molecule has 1 aliphatic heterocycles. The van der Waals surface area contributed by atoms with Gasteiger partial charge in [0.25, 0.3) is 5.91 Å². The van der Waals surface area contributed by atoms with Crippen LogP contribution in [0, 0.1) is 6.92 Å². The third-order valence-corrected chi connectivity index (χ3v) is 5.26. The summed E-state index contributed by atoms with van der Waals surface area (Å²) in [5.74, 6) is -0.557. The van der Waals surface area contributed by atoms with Gasteiger partial charge in [-0.15, -0.1) is 0 Å². The van der Waals surface area contributed by atoms with E-state index in [0.29, 0.717) is 16.8 Å². The molecule has 3 aromatic carbocycles. The van der Waals surface area contributed by atoms with E-state index in [4.69, 9.17) is 0 Å². The second kappa shape index (κ2) is 6.97. The van der Waals surface area contributed by atoms with Crippen molar-refractivity contribution in [2.24, 2.45) is 0 Å². The second-order valence-electron chi connectivity index (χ2n) is 7.07. The molecular weight excluding hydrogens is 350 g/mol. The summed E-state index contributed by atoms with van der Waals surface area (Å²) in [4.78, 5) is 28.2. The monoisotopic (exact) mass is 371 g/mol. The van der Waals surface area contributed by atoms with Crippen LogP contribution in [0.4, 0.5) is 5.69 Å². The summed E-state index contributed by atoms with van der Waals surface area (Å²) in [5.41, 5.74) is 4.12. The fourth-order valence-electron chi connectivity index (χ4n) is 3.69. The highest BCUT2D eigenvalue weighted by Gasteiger charge is 2.42. The van der Waals surface area contributed by atoms with Crippen LogP contribution < -0.4 is 4.90 Å². The van der Waals surface area contributed by atoms with Crippen LogP contribution in [0.5, 0.6) is 5.75 Å². The Kier molecular flexibility index (Phi) is 4.47. The molecule has 0 fully saturated rings. The van der Waals surface area contributed by atoms with Crippen molar-refractivity contribution >= 4 is 17.4 Å². The minimum Gasteiger partial charge on any atom is -0.507 e. The number of aryl methyl sites for hydroxylation is 2. The van der Waals surface area contributed by atoms with Gasteiger partial charge in [-0.05, 0) is 54.8 Å². The Bertz CT molecular complexity index is 1070. The Morgan fingerprint density at radius 3 is 2.46 bits per heavy atom. The number of benzene rings is 3. The van der Waals surface area contributed by atoms with Crippen LogP contribution in [-0.4, -0.2) is 16.8 Å². The highest BCUT2D eigenvalue weighted by Crippen LogP contribution is 2.40. The number of phenols is 1. The predicted molar refractivity (Wildman–Crippen MR) is 109 cm³/mol. The number of carbonyl (C=O) groups is 2. The fraction of sp³-hybridized carbons (Fsp3) is 0.167. The maximum Gasteiger partial charge on any atom is 0.259 e. The van der Waals surface area contributed by atoms with Gasteiger partial charge in [0.05, 0.1) is 5.56 Å². The van der Waals surface area contributed by atoms with Crippen molar-refractivity contribution in [2.75, 3.05) is 4.90 Å². The van der Waals surface area contributed by atoms with Gasteiger partial charge in [-0.2, -0.15) is 0 Å². The molecule has 4 rings (SSSR count). The molecule has 0 saturated heterocycles. The smallest absolute Gasteiger partial charge is 0.259 e. The fourth-order valence-corrected chi connectivity index (χ4v) is 3.69. The largest absolute Gasteiger partial charge is 0.507 e. The van der Waals surface area contributed by atoms with E-state index in [1.807, 2.05) is 50.2 Å². The molecule has 0 bridgehead atoms. The number of nitrogens with zero attached hydrogens (tertiary/aromatic N) is 1. The molecule has 1 unspecified atom stereocenters. The van der Waals surface area contributed by atoms with E-state index < -0.39 is 6.04 Å². The Morgan fingerprint density at radius 1 is 1.04 bits per heavy atom. The zero-order valence-corrected chi connectivity index (χ0v) is 15.8. The molecule has 28 heavy (non-hydrogen) atoms. The molecule has 0 radical (unpaired) electrons. The van der Waals surface area contributed by atoms with Crippen molar-refractivity contribution in [1.29, 1.82) is 0 Å². The topological polar surface area (TPSA) is 57.6 Å². The van der Waals surface area contributed by atoms with E-state index in [-0.39, 0.29) is 23.0 Å². The Hall–Kier alpha value is -3.40. The minimum absolute atomic E-state index is 0.0668. The molecule has 1 aliphatic rings. The summed E-state index contributed by atoms with van der Waals surface area (Å²) in [6, 6.07) is 19.0. The zero-order valence-electron chi connectivity index (χ0n) is 15.8. The maximum atomic E-state index is 13.5. The lowest BCUT2D eigenvalue weighted by molar-refractivity contribution is 0.0914. The Labute approximate surface area is 164 Å². The van der Waals surface area contributed by atoms with Gasteiger partial charge in [-0.1, -0.05) is 48.9 Å². The number of aromatic hydroxyl groups is 1. The summed E-state index contributed by atoms with van der Waals surface area (Å²) < 4.78 is 0. The number of fused-ring (bicyclic) bond motifs is 1. The number of hydrogen-bond donors (Lipinski definition) is 1. The molecule has 140 valence electrons. The molecule has 0 aromatic heterocycles. The van der Waals surface area contributed by atoms with Gasteiger partial charge in [-0.3, -0.25) is 14.5 Å². The van der Waals surface area contributed by atoms with E-state index in [2.05, 4.69) is 0 Å². The molecule has 3 aromatic rings. The lowest BCUT2D eigenvalue weighted by atomic mass is 9.94. The van der Waals surface area contributed by atoms with Crippen LogP contribution in [0.1, 0.15) is 50.4 Å². The molecule has 1 atom stereocenters. The summed E-state index contributed by atoms with van der Waals surface area (Å²) in [6.07, 6.45) is 0.752. The number of Topliss-reactive ketones (excluding diaryl/α,β-unsaturated/α-hetero) is 1. The van der Waals surface area contributed by atoms with Crippen LogP contribution in [0.25, 0.3) is 0 Å². The normalized spacial score (nSPS) is 15.6. The average Bonchev–Trinajstić information content (AvgIpc) is 3.01. The molecule has 0 aliphatic carbocycles. The molecule has 4 heteroatoms. The SMILES string of the molecule is CCc1ccc(O)c(C(=O)C2c3ccccc3C(=O)N2c2ccc(C)cc2)c1. The van der Waals surface area contributed by atoms with Crippen molar-refractivity contribution in [1.82, 2.24) is 0 Å². The first kappa shape index (κ1) is 18.0. The number of rotatable bonds is 4. The summed E-state index contributed by atoms with van der Waals surface area (Å²) in [6.45, 7) is 3.97. The molecule has 1 N–H and O–H groups in total. The van der Waals surface area contributed by atoms with Crippen LogP contribution in [0.2, 0.25) is 0 Å². The van der Waals surface area contributed by atoms with E-state index >= 15 is 0 Å². The molecule has 0 spiro atoms. The van der Waals surface area contributed by atoms with Gasteiger partial charge in [0.2, 0.25) is 0 Å². The molecular formula is C24H21NO3. The van der Waals surface area contributed by atoms with E-state index in [1.165, 1.54) is 4.90 Å². The van der Waals surface area contributed by atoms with Gasteiger partial charge in [0.1, 0.15) is 11.8 Å².